The molecule has 0 unspecified atom stereocenters. The first-order valence-corrected chi connectivity index (χ1v) is 4.82. The molecule has 0 atom stereocenters. The fourth-order valence-electron chi connectivity index (χ4n) is 1.38. The monoisotopic (exact) mass is 197 g/mol. The summed E-state index contributed by atoms with van der Waals surface area (Å²) in [6, 6.07) is 1.97. The zero-order valence-corrected chi connectivity index (χ0v) is 9.37. The minimum atomic E-state index is 0.0894. The molecule has 2 N–H and O–H groups in total. The Morgan fingerprint density at radius 2 is 2.14 bits per heavy atom. The topological polar surface area (TPSA) is 53.1 Å². The lowest BCUT2D eigenvalue weighted by atomic mass is 9.92. The maximum atomic E-state index is 5.35. The lowest BCUT2D eigenvalue weighted by Gasteiger charge is -2.17. The zero-order chi connectivity index (χ0) is 10.8. The van der Waals surface area contributed by atoms with Gasteiger partial charge in [0.1, 0.15) is 6.61 Å². The first-order valence-electron chi connectivity index (χ1n) is 4.82. The van der Waals surface area contributed by atoms with Gasteiger partial charge in [-0.2, -0.15) is 0 Å². The highest BCUT2D eigenvalue weighted by molar-refractivity contribution is 5.21. The fourth-order valence-corrected chi connectivity index (χ4v) is 1.38. The van der Waals surface area contributed by atoms with E-state index in [1.54, 1.807) is 0 Å². The van der Waals surface area contributed by atoms with Crippen LogP contribution in [-0.2, 0) is 12.5 Å². The van der Waals surface area contributed by atoms with Crippen LogP contribution in [0.4, 0.5) is 0 Å². The Balaban J connectivity index is 2.83. The number of hydrogen-bond acceptors (Lipinski definition) is 3. The Bertz CT molecular complexity index is 299. The molecule has 4 nitrogen and oxygen atoms in total. The number of nitrogens with zero attached hydrogens (tertiary/aromatic N) is 2. The van der Waals surface area contributed by atoms with Crippen LogP contribution in [-0.4, -0.2) is 22.9 Å². The highest BCUT2D eigenvalue weighted by Gasteiger charge is 2.19. The van der Waals surface area contributed by atoms with E-state index < -0.39 is 0 Å². The number of aryl methyl sites for hydroxylation is 1. The summed E-state index contributed by atoms with van der Waals surface area (Å²) in [6.45, 7) is 7.48. The highest BCUT2D eigenvalue weighted by atomic mass is 16.5. The lowest BCUT2D eigenvalue weighted by Crippen LogP contribution is -2.16. The summed E-state index contributed by atoms with van der Waals surface area (Å²) in [5.74, 6) is 0.655. The van der Waals surface area contributed by atoms with E-state index in [2.05, 4.69) is 25.9 Å². The third-order valence-corrected chi connectivity index (χ3v) is 1.99. The molecule has 1 heterocycles. The number of ether oxygens (including phenoxy) is 1. The zero-order valence-electron chi connectivity index (χ0n) is 9.37. The summed E-state index contributed by atoms with van der Waals surface area (Å²) < 4.78 is 7.21. The Morgan fingerprint density at radius 1 is 1.50 bits per heavy atom. The Morgan fingerprint density at radius 3 is 2.57 bits per heavy atom. The second-order valence-corrected chi connectivity index (χ2v) is 4.38. The molecule has 1 aromatic rings. The first-order chi connectivity index (χ1) is 6.45. The van der Waals surface area contributed by atoms with Crippen LogP contribution in [0, 0.1) is 0 Å². The number of nitrogens with two attached hydrogens (primary N) is 1. The third kappa shape index (κ3) is 2.48. The number of aromatic nitrogens is 2. The maximum Gasteiger partial charge on any atom is 0.233 e. The van der Waals surface area contributed by atoms with Crippen LogP contribution < -0.4 is 10.5 Å². The molecule has 0 amide bonds. The van der Waals surface area contributed by atoms with Crippen molar-refractivity contribution in [3.05, 3.63) is 11.8 Å². The van der Waals surface area contributed by atoms with Crippen molar-refractivity contribution in [2.75, 3.05) is 13.2 Å². The third-order valence-electron chi connectivity index (χ3n) is 1.99. The highest BCUT2D eigenvalue weighted by Crippen LogP contribution is 2.24. The van der Waals surface area contributed by atoms with E-state index in [1.807, 2.05) is 17.8 Å². The largest absolute Gasteiger partial charge is 0.475 e. The smallest absolute Gasteiger partial charge is 0.233 e. The van der Waals surface area contributed by atoms with E-state index in [1.165, 1.54) is 0 Å². The van der Waals surface area contributed by atoms with E-state index in [9.17, 15) is 0 Å². The summed E-state index contributed by atoms with van der Waals surface area (Å²) in [7, 11) is 1.93. The van der Waals surface area contributed by atoms with E-state index in [0.717, 1.165) is 5.69 Å². The number of rotatable bonds is 3. The van der Waals surface area contributed by atoms with Crippen molar-refractivity contribution in [3.63, 3.8) is 0 Å². The van der Waals surface area contributed by atoms with Crippen molar-refractivity contribution < 1.29 is 4.74 Å². The van der Waals surface area contributed by atoms with Gasteiger partial charge in [0.05, 0.1) is 0 Å². The van der Waals surface area contributed by atoms with Crippen molar-refractivity contribution in [2.45, 2.75) is 26.2 Å². The molecule has 80 valence electrons. The van der Waals surface area contributed by atoms with E-state index in [4.69, 9.17) is 10.5 Å². The van der Waals surface area contributed by atoms with Crippen molar-refractivity contribution in [2.24, 2.45) is 12.8 Å². The molecule has 0 bridgehead atoms. The van der Waals surface area contributed by atoms with E-state index >= 15 is 0 Å². The van der Waals surface area contributed by atoms with Gasteiger partial charge in [-0.05, 0) is 0 Å². The van der Waals surface area contributed by atoms with E-state index in [0.29, 0.717) is 19.0 Å². The molecule has 0 aliphatic heterocycles. The minimum absolute atomic E-state index is 0.0894. The van der Waals surface area contributed by atoms with Gasteiger partial charge in [0.2, 0.25) is 5.88 Å². The van der Waals surface area contributed by atoms with Gasteiger partial charge in [-0.1, -0.05) is 20.8 Å². The summed E-state index contributed by atoms with van der Waals surface area (Å²) in [6.07, 6.45) is 0. The van der Waals surface area contributed by atoms with Gasteiger partial charge in [0.15, 0.2) is 0 Å². The molecule has 0 saturated carbocycles. The quantitative estimate of drug-likeness (QED) is 0.788. The normalized spacial score (nSPS) is 11.8. The van der Waals surface area contributed by atoms with E-state index in [-0.39, 0.29) is 5.41 Å². The van der Waals surface area contributed by atoms with Crippen LogP contribution in [0.2, 0.25) is 0 Å². The predicted octanol–water partition coefficient (Wildman–Crippen LogP) is 1.06. The van der Waals surface area contributed by atoms with Crippen molar-refractivity contribution in [1.29, 1.82) is 0 Å². The molecule has 0 aromatic carbocycles. The molecule has 0 spiro atoms. The molecule has 0 aliphatic carbocycles. The molecule has 1 rings (SSSR count). The average molecular weight is 197 g/mol. The Labute approximate surface area is 85.0 Å². The lowest BCUT2D eigenvalue weighted by molar-refractivity contribution is 0.312. The fraction of sp³-hybridized carbons (Fsp3) is 0.700. The van der Waals surface area contributed by atoms with Gasteiger partial charge < -0.3 is 10.5 Å². The maximum absolute atomic E-state index is 5.35. The molecule has 14 heavy (non-hydrogen) atoms. The Kier molecular flexibility index (Phi) is 3.16. The van der Waals surface area contributed by atoms with Gasteiger partial charge >= 0.3 is 0 Å². The van der Waals surface area contributed by atoms with Crippen LogP contribution >= 0.6 is 0 Å². The van der Waals surface area contributed by atoms with Crippen LogP contribution in [0.25, 0.3) is 0 Å². The van der Waals surface area contributed by atoms with Crippen LogP contribution in [0.15, 0.2) is 6.07 Å². The minimum Gasteiger partial charge on any atom is -0.475 e. The summed E-state index contributed by atoms with van der Waals surface area (Å²) in [5, 5.41) is 4.25. The second-order valence-electron chi connectivity index (χ2n) is 4.38. The van der Waals surface area contributed by atoms with Crippen molar-refractivity contribution in [3.8, 4) is 5.88 Å². The molecule has 1 aromatic heterocycles. The van der Waals surface area contributed by atoms with Crippen LogP contribution in [0.5, 0.6) is 5.88 Å². The summed E-state index contributed by atoms with van der Waals surface area (Å²) in [5.41, 5.74) is 6.59. The summed E-state index contributed by atoms with van der Waals surface area (Å²) >= 11 is 0. The SMILES string of the molecule is Cn1nc(OCCN)cc1C(C)(C)C. The molecule has 0 aliphatic rings. The first kappa shape index (κ1) is 11.0. The van der Waals surface area contributed by atoms with Crippen molar-refractivity contribution >= 4 is 0 Å². The van der Waals surface area contributed by atoms with Gasteiger partial charge in [-0.15, -0.1) is 5.10 Å². The average Bonchev–Trinajstić information content (AvgIpc) is 2.42. The van der Waals surface area contributed by atoms with Gasteiger partial charge in [0, 0.05) is 30.8 Å². The molecular weight excluding hydrogens is 178 g/mol. The summed E-state index contributed by atoms with van der Waals surface area (Å²) in [4.78, 5) is 0. The molecule has 0 radical (unpaired) electrons. The molecule has 0 saturated heterocycles. The Hall–Kier alpha value is -1.03. The standard InChI is InChI=1S/C10H19N3O/c1-10(2,3)8-7-9(12-13(8)4)14-6-5-11/h7H,5-6,11H2,1-4H3. The van der Waals surface area contributed by atoms with Gasteiger partial charge in [0.25, 0.3) is 0 Å². The van der Waals surface area contributed by atoms with Gasteiger partial charge in [-0.3, -0.25) is 4.68 Å². The van der Waals surface area contributed by atoms with Crippen LogP contribution in [0.1, 0.15) is 26.5 Å². The number of hydrogen-bond donors (Lipinski definition) is 1. The second kappa shape index (κ2) is 4.00. The predicted molar refractivity (Wildman–Crippen MR) is 56.5 cm³/mol. The van der Waals surface area contributed by atoms with Gasteiger partial charge in [-0.25, -0.2) is 0 Å². The molecule has 4 heteroatoms. The molecular formula is C10H19N3O. The molecule has 0 fully saturated rings. The van der Waals surface area contributed by atoms with Crippen LogP contribution in [0.3, 0.4) is 0 Å². The van der Waals surface area contributed by atoms with Crippen molar-refractivity contribution in [1.82, 2.24) is 9.78 Å².